The molecule has 3 amide bonds. The van der Waals surface area contributed by atoms with E-state index in [9.17, 15) is 14.4 Å². The Hall–Kier alpha value is -2.16. The Morgan fingerprint density at radius 2 is 1.55 bits per heavy atom. The molecule has 0 aromatic heterocycles. The van der Waals surface area contributed by atoms with Gasteiger partial charge in [0.05, 0.1) is 25.2 Å². The van der Waals surface area contributed by atoms with E-state index in [1.165, 1.54) is 0 Å². The summed E-state index contributed by atoms with van der Waals surface area (Å²) in [5.74, 6) is 0.381. The molecule has 3 heterocycles. The number of amides is 3. The summed E-state index contributed by atoms with van der Waals surface area (Å²) in [6.45, 7) is 16.7. The van der Waals surface area contributed by atoms with E-state index in [0.29, 0.717) is 56.8 Å². The van der Waals surface area contributed by atoms with Crippen LogP contribution in [0.2, 0.25) is 5.02 Å². The SMILES string of the molecule is CC1CCC(N(C(=O)C(C)C)C2CC(C(=O)N3CCOCC3)N(C(=O)[C@@H]3CN(C(C)(C)C)C[C@H]3c3ccc(Cl)cc3)C2)CC1. The van der Waals surface area contributed by atoms with Gasteiger partial charge < -0.3 is 19.4 Å². The van der Waals surface area contributed by atoms with Gasteiger partial charge in [0.1, 0.15) is 6.04 Å². The van der Waals surface area contributed by atoms with E-state index >= 15 is 0 Å². The molecule has 0 bridgehead atoms. The average Bonchev–Trinajstić information content (AvgIpc) is 3.64. The van der Waals surface area contributed by atoms with E-state index < -0.39 is 6.04 Å². The molecule has 2 unspecified atom stereocenters. The first kappa shape index (κ1) is 33.2. The van der Waals surface area contributed by atoms with Crippen molar-refractivity contribution >= 4 is 29.3 Å². The average molecular weight is 629 g/mol. The van der Waals surface area contributed by atoms with Crippen LogP contribution in [0.3, 0.4) is 0 Å². The summed E-state index contributed by atoms with van der Waals surface area (Å²) in [7, 11) is 0. The van der Waals surface area contributed by atoms with Crippen molar-refractivity contribution in [3.05, 3.63) is 34.9 Å². The van der Waals surface area contributed by atoms with Crippen LogP contribution in [0.25, 0.3) is 0 Å². The Bertz CT molecular complexity index is 1170. The zero-order valence-corrected chi connectivity index (χ0v) is 28.4. The zero-order valence-electron chi connectivity index (χ0n) is 27.6. The first-order valence-corrected chi connectivity index (χ1v) is 17.2. The number of morpholine rings is 1. The van der Waals surface area contributed by atoms with Crippen molar-refractivity contribution < 1.29 is 19.1 Å². The Morgan fingerprint density at radius 1 is 0.909 bits per heavy atom. The molecular formula is C35H53ClN4O4. The number of carbonyl (C=O) groups excluding carboxylic acids is 3. The minimum absolute atomic E-state index is 0.00733. The van der Waals surface area contributed by atoms with Gasteiger partial charge in [-0.3, -0.25) is 19.3 Å². The van der Waals surface area contributed by atoms with Gasteiger partial charge in [0.15, 0.2) is 0 Å². The topological polar surface area (TPSA) is 73.4 Å². The lowest BCUT2D eigenvalue weighted by atomic mass is 9.85. The third-order valence-electron chi connectivity index (χ3n) is 10.6. The summed E-state index contributed by atoms with van der Waals surface area (Å²) >= 11 is 6.25. The molecule has 0 spiro atoms. The van der Waals surface area contributed by atoms with E-state index in [-0.39, 0.29) is 53.1 Å². The van der Waals surface area contributed by atoms with Crippen LogP contribution in [0, 0.1) is 17.8 Å². The largest absolute Gasteiger partial charge is 0.378 e. The van der Waals surface area contributed by atoms with Crippen molar-refractivity contribution in [2.24, 2.45) is 17.8 Å². The Morgan fingerprint density at radius 3 is 2.14 bits per heavy atom. The smallest absolute Gasteiger partial charge is 0.245 e. The molecule has 4 fully saturated rings. The number of ether oxygens (including phenoxy) is 1. The number of halogens is 1. The molecule has 3 aliphatic heterocycles. The lowest BCUT2D eigenvalue weighted by Crippen LogP contribution is -2.53. The predicted molar refractivity (Wildman–Crippen MR) is 173 cm³/mol. The molecule has 9 heteroatoms. The maximum absolute atomic E-state index is 14.8. The molecule has 0 radical (unpaired) electrons. The third kappa shape index (κ3) is 7.13. The third-order valence-corrected chi connectivity index (χ3v) is 10.8. The van der Waals surface area contributed by atoms with Gasteiger partial charge in [-0.25, -0.2) is 0 Å². The van der Waals surface area contributed by atoms with Crippen LogP contribution in [0.15, 0.2) is 24.3 Å². The van der Waals surface area contributed by atoms with Gasteiger partial charge in [0.2, 0.25) is 17.7 Å². The molecule has 5 rings (SSSR count). The van der Waals surface area contributed by atoms with Crippen LogP contribution in [-0.2, 0) is 19.1 Å². The lowest BCUT2D eigenvalue weighted by molar-refractivity contribution is -0.148. The van der Waals surface area contributed by atoms with Crippen LogP contribution >= 0.6 is 11.6 Å². The fourth-order valence-corrected chi connectivity index (χ4v) is 7.95. The normalized spacial score (nSPS) is 30.2. The number of rotatable bonds is 6. The number of carbonyl (C=O) groups is 3. The number of likely N-dealkylation sites (tertiary alicyclic amines) is 2. The quantitative estimate of drug-likeness (QED) is 0.441. The molecule has 1 aromatic carbocycles. The maximum Gasteiger partial charge on any atom is 0.245 e. The van der Waals surface area contributed by atoms with Gasteiger partial charge in [-0.2, -0.15) is 0 Å². The second-order valence-electron chi connectivity index (χ2n) is 15.0. The monoisotopic (exact) mass is 628 g/mol. The van der Waals surface area contributed by atoms with Crippen molar-refractivity contribution in [1.82, 2.24) is 19.6 Å². The maximum atomic E-state index is 14.8. The summed E-state index contributed by atoms with van der Waals surface area (Å²) in [6, 6.07) is 7.28. The number of benzene rings is 1. The first-order chi connectivity index (χ1) is 20.8. The predicted octanol–water partition coefficient (Wildman–Crippen LogP) is 5.05. The molecule has 0 N–H and O–H groups in total. The van der Waals surface area contributed by atoms with Gasteiger partial charge in [0, 0.05) is 61.2 Å². The molecule has 1 saturated carbocycles. The van der Waals surface area contributed by atoms with E-state index in [2.05, 4.69) is 37.5 Å². The summed E-state index contributed by atoms with van der Waals surface area (Å²) in [5, 5.41) is 0.674. The summed E-state index contributed by atoms with van der Waals surface area (Å²) in [4.78, 5) is 51.1. The molecule has 244 valence electrons. The minimum Gasteiger partial charge on any atom is -0.378 e. The number of hydrogen-bond acceptors (Lipinski definition) is 5. The second-order valence-corrected chi connectivity index (χ2v) is 15.4. The van der Waals surface area contributed by atoms with E-state index in [0.717, 1.165) is 37.8 Å². The zero-order chi connectivity index (χ0) is 31.8. The standard InChI is InChI=1S/C35H53ClN4O4/c1-23(2)32(41)40(27-13-7-24(3)8-14-27)28-19-31(34(43)37-15-17-44-18-16-37)39(20-28)33(42)30-22-38(35(4,5)6)21-29(30)25-9-11-26(36)12-10-25/h9-12,23-24,27-31H,7-8,13-22H2,1-6H3/t24?,27?,28?,29-,30+,31?/m0/s1. The van der Waals surface area contributed by atoms with Crippen molar-refractivity contribution in [3.8, 4) is 0 Å². The molecular weight excluding hydrogens is 576 g/mol. The van der Waals surface area contributed by atoms with Crippen molar-refractivity contribution in [1.29, 1.82) is 0 Å². The van der Waals surface area contributed by atoms with Crippen LogP contribution in [0.4, 0.5) is 0 Å². The molecule has 44 heavy (non-hydrogen) atoms. The number of nitrogens with zero attached hydrogens (tertiary/aromatic N) is 4. The first-order valence-electron chi connectivity index (χ1n) is 16.8. The lowest BCUT2D eigenvalue weighted by Gasteiger charge is -2.41. The highest BCUT2D eigenvalue weighted by atomic mass is 35.5. The van der Waals surface area contributed by atoms with Gasteiger partial charge >= 0.3 is 0 Å². The summed E-state index contributed by atoms with van der Waals surface area (Å²) in [6.07, 6.45) is 4.66. The highest BCUT2D eigenvalue weighted by Crippen LogP contribution is 2.40. The second kappa shape index (κ2) is 13.7. The van der Waals surface area contributed by atoms with Crippen LogP contribution < -0.4 is 0 Å². The van der Waals surface area contributed by atoms with Crippen molar-refractivity contribution in [3.63, 3.8) is 0 Å². The molecule has 8 nitrogen and oxygen atoms in total. The fourth-order valence-electron chi connectivity index (χ4n) is 7.83. The molecule has 1 aromatic rings. The summed E-state index contributed by atoms with van der Waals surface area (Å²) in [5.41, 5.74) is 0.994. The summed E-state index contributed by atoms with van der Waals surface area (Å²) < 4.78 is 5.55. The van der Waals surface area contributed by atoms with Crippen molar-refractivity contribution in [2.75, 3.05) is 45.9 Å². The van der Waals surface area contributed by atoms with Crippen LogP contribution in [-0.4, -0.2) is 107 Å². The molecule has 1 aliphatic carbocycles. The van der Waals surface area contributed by atoms with E-state index in [1.54, 1.807) is 0 Å². The Balaban J connectivity index is 1.48. The fraction of sp³-hybridized carbons (Fsp3) is 0.743. The van der Waals surface area contributed by atoms with Crippen LogP contribution in [0.1, 0.15) is 85.1 Å². The van der Waals surface area contributed by atoms with Crippen molar-refractivity contribution in [2.45, 2.75) is 103 Å². The van der Waals surface area contributed by atoms with E-state index in [4.69, 9.17) is 16.3 Å². The van der Waals surface area contributed by atoms with E-state index in [1.807, 2.05) is 47.9 Å². The highest BCUT2D eigenvalue weighted by Gasteiger charge is 2.51. The molecule has 4 aliphatic rings. The van der Waals surface area contributed by atoms with Gasteiger partial charge in [0.25, 0.3) is 0 Å². The Kier molecular flexibility index (Phi) is 10.3. The number of hydrogen-bond donors (Lipinski definition) is 0. The van der Waals surface area contributed by atoms with Crippen LogP contribution in [0.5, 0.6) is 0 Å². The minimum atomic E-state index is -0.579. The van der Waals surface area contributed by atoms with Gasteiger partial charge in [-0.05, 0) is 76.5 Å². The Labute approximate surface area is 269 Å². The highest BCUT2D eigenvalue weighted by molar-refractivity contribution is 6.30. The van der Waals surface area contributed by atoms with Gasteiger partial charge in [-0.1, -0.05) is 44.5 Å². The van der Waals surface area contributed by atoms with Gasteiger partial charge in [-0.15, -0.1) is 0 Å². The molecule has 4 atom stereocenters. The molecule has 3 saturated heterocycles.